The van der Waals surface area contributed by atoms with Gasteiger partial charge in [-0.3, -0.25) is 4.79 Å². The summed E-state index contributed by atoms with van der Waals surface area (Å²) in [5, 5.41) is 2.40. The van der Waals surface area contributed by atoms with Crippen molar-refractivity contribution in [2.45, 2.75) is 38.5 Å². The van der Waals surface area contributed by atoms with E-state index in [-0.39, 0.29) is 35.3 Å². The highest BCUT2D eigenvalue weighted by atomic mass is 19.1. The predicted molar refractivity (Wildman–Crippen MR) is 110 cm³/mol. The quantitative estimate of drug-likeness (QED) is 0.571. The molecule has 1 aliphatic rings. The summed E-state index contributed by atoms with van der Waals surface area (Å²) < 4.78 is 40.2. The number of nitrogens with two attached hydrogens (primary N) is 1. The predicted octanol–water partition coefficient (Wildman–Crippen LogP) is 2.80. The normalized spacial score (nSPS) is 22.5. The van der Waals surface area contributed by atoms with E-state index in [1.165, 1.54) is 44.4 Å². The molecular weight excluding hydrogens is 408 g/mol. The average Bonchev–Trinajstić information content (AvgIpc) is 2.72. The number of aromatic nitrogens is 2. The highest BCUT2D eigenvalue weighted by Crippen LogP contribution is 2.32. The van der Waals surface area contributed by atoms with E-state index in [0.29, 0.717) is 6.42 Å². The van der Waals surface area contributed by atoms with Gasteiger partial charge in [-0.05, 0) is 26.0 Å². The molecule has 1 aromatic heterocycles. The number of alkyl halides is 1. The number of rotatable bonds is 4. The zero-order chi connectivity index (χ0) is 22.6. The van der Waals surface area contributed by atoms with E-state index in [0.717, 1.165) is 0 Å². The van der Waals surface area contributed by atoms with Crippen molar-refractivity contribution >= 4 is 17.5 Å². The summed E-state index contributed by atoms with van der Waals surface area (Å²) in [6, 6.07) is 4.18. The fraction of sp³-hybridized carbons (Fsp3) is 0.333. The zero-order valence-electron chi connectivity index (χ0n) is 17.2. The van der Waals surface area contributed by atoms with Gasteiger partial charge in [0.15, 0.2) is 5.82 Å². The Morgan fingerprint density at radius 1 is 1.35 bits per heavy atom. The Balaban J connectivity index is 1.79. The second-order valence-electron chi connectivity index (χ2n) is 7.17. The molecule has 162 valence electrons. The van der Waals surface area contributed by atoms with Gasteiger partial charge in [0, 0.05) is 6.42 Å². The first kappa shape index (κ1) is 22.1. The van der Waals surface area contributed by atoms with E-state index in [2.05, 4.69) is 32.3 Å². The van der Waals surface area contributed by atoms with Gasteiger partial charge in [0.2, 0.25) is 17.6 Å². The summed E-state index contributed by atoms with van der Waals surface area (Å²) in [6.45, 7) is 4.32. The number of amides is 1. The van der Waals surface area contributed by atoms with Crippen molar-refractivity contribution in [1.29, 1.82) is 0 Å². The van der Waals surface area contributed by atoms with Crippen LogP contribution in [-0.2, 0) is 4.74 Å². The molecule has 8 nitrogen and oxygen atoms in total. The maximum absolute atomic E-state index is 15.0. The molecule has 1 aromatic carbocycles. The SMILES string of the molecule is CCC#COc1cnc(C(=O)Nc2cccc(C3=N[C@](C)(F)[C@](C)(N)CO3)c2F)cn1. The van der Waals surface area contributed by atoms with Crippen molar-refractivity contribution in [1.82, 2.24) is 9.97 Å². The molecule has 0 saturated heterocycles. The Morgan fingerprint density at radius 2 is 2.13 bits per heavy atom. The first-order valence-corrected chi connectivity index (χ1v) is 9.42. The van der Waals surface area contributed by atoms with E-state index in [9.17, 15) is 9.18 Å². The summed E-state index contributed by atoms with van der Waals surface area (Å²) in [4.78, 5) is 24.1. The number of benzene rings is 1. The van der Waals surface area contributed by atoms with Crippen LogP contribution in [0.3, 0.4) is 0 Å². The third-order valence-corrected chi connectivity index (χ3v) is 4.61. The monoisotopic (exact) mass is 429 g/mol. The molecule has 3 rings (SSSR count). The van der Waals surface area contributed by atoms with Gasteiger partial charge in [-0.15, -0.1) is 0 Å². The van der Waals surface area contributed by atoms with E-state index in [1.807, 2.05) is 6.92 Å². The molecule has 0 bridgehead atoms. The van der Waals surface area contributed by atoms with E-state index in [4.69, 9.17) is 15.2 Å². The lowest BCUT2D eigenvalue weighted by Crippen LogP contribution is -2.59. The van der Waals surface area contributed by atoms with Crippen LogP contribution in [0.4, 0.5) is 14.5 Å². The fourth-order valence-electron chi connectivity index (χ4n) is 2.47. The highest BCUT2D eigenvalue weighted by Gasteiger charge is 2.47. The third kappa shape index (κ3) is 4.78. The number of anilines is 1. The molecule has 3 N–H and O–H groups in total. The first-order valence-electron chi connectivity index (χ1n) is 9.42. The van der Waals surface area contributed by atoms with Crippen molar-refractivity contribution in [3.8, 4) is 17.9 Å². The third-order valence-electron chi connectivity index (χ3n) is 4.61. The maximum atomic E-state index is 15.0. The highest BCUT2D eigenvalue weighted by molar-refractivity contribution is 6.04. The van der Waals surface area contributed by atoms with Crippen molar-refractivity contribution in [3.63, 3.8) is 0 Å². The van der Waals surface area contributed by atoms with Gasteiger partial charge < -0.3 is 20.5 Å². The lowest BCUT2D eigenvalue weighted by atomic mass is 9.92. The van der Waals surface area contributed by atoms with Crippen LogP contribution in [0.1, 0.15) is 43.2 Å². The van der Waals surface area contributed by atoms with Gasteiger partial charge in [-0.25, -0.2) is 23.7 Å². The van der Waals surface area contributed by atoms with E-state index in [1.54, 1.807) is 0 Å². The molecule has 1 aliphatic heterocycles. The van der Waals surface area contributed by atoms with Gasteiger partial charge in [-0.1, -0.05) is 18.9 Å². The van der Waals surface area contributed by atoms with Gasteiger partial charge in [-0.2, -0.15) is 0 Å². The Morgan fingerprint density at radius 3 is 2.77 bits per heavy atom. The number of carbonyl (C=O) groups excluding carboxylic acids is 1. The number of ether oxygens (including phenoxy) is 2. The standard InChI is InChI=1S/C21H21F2N5O3/c1-4-5-9-30-16-11-25-15(10-26-16)18(29)27-14-8-6-7-13(17(14)22)19-28-21(3,23)20(2,24)12-31-19/h6-8,10-11H,4,12,24H2,1-3H3,(H,27,29)/t20-,21+/m1/s1. The van der Waals surface area contributed by atoms with Crippen molar-refractivity contribution in [2.75, 3.05) is 11.9 Å². The molecule has 2 heterocycles. The number of carbonyl (C=O) groups is 1. The first-order chi connectivity index (χ1) is 14.6. The lowest BCUT2D eigenvalue weighted by molar-refractivity contribution is 0.0293. The molecule has 0 spiro atoms. The zero-order valence-corrected chi connectivity index (χ0v) is 17.2. The number of halogens is 2. The molecule has 0 radical (unpaired) electrons. The van der Waals surface area contributed by atoms with Crippen LogP contribution in [0.15, 0.2) is 35.6 Å². The van der Waals surface area contributed by atoms with Crippen molar-refractivity contribution < 1.29 is 23.0 Å². The Labute approximate surface area is 177 Å². The Kier molecular flexibility index (Phi) is 6.17. The van der Waals surface area contributed by atoms with Crippen LogP contribution in [0.25, 0.3) is 0 Å². The smallest absolute Gasteiger partial charge is 0.275 e. The van der Waals surface area contributed by atoms with Crippen LogP contribution < -0.4 is 15.8 Å². The molecule has 0 fully saturated rings. The Bertz CT molecular complexity index is 1070. The van der Waals surface area contributed by atoms with Crippen LogP contribution in [0.5, 0.6) is 5.88 Å². The fourth-order valence-corrected chi connectivity index (χ4v) is 2.47. The van der Waals surface area contributed by atoms with Crippen LogP contribution in [-0.4, -0.2) is 39.7 Å². The topological polar surface area (TPSA) is 112 Å². The molecule has 0 aliphatic carbocycles. The number of nitrogens with zero attached hydrogens (tertiary/aromatic N) is 3. The summed E-state index contributed by atoms with van der Waals surface area (Å²) >= 11 is 0. The molecule has 0 unspecified atom stereocenters. The minimum absolute atomic E-state index is 0.0675. The summed E-state index contributed by atoms with van der Waals surface area (Å²) in [5.41, 5.74) is 4.15. The number of nitrogens with one attached hydrogen (secondary N) is 1. The second-order valence-corrected chi connectivity index (χ2v) is 7.17. The summed E-state index contributed by atoms with van der Waals surface area (Å²) in [6.07, 6.45) is 5.45. The Hall–Kier alpha value is -3.58. The molecule has 2 atom stereocenters. The molecule has 0 saturated carbocycles. The molecule has 1 amide bonds. The van der Waals surface area contributed by atoms with Crippen molar-refractivity contribution in [3.05, 3.63) is 47.7 Å². The van der Waals surface area contributed by atoms with Gasteiger partial charge in [0.05, 0.1) is 23.6 Å². The van der Waals surface area contributed by atoms with Crippen LogP contribution in [0, 0.1) is 17.8 Å². The van der Waals surface area contributed by atoms with Crippen molar-refractivity contribution in [2.24, 2.45) is 10.7 Å². The second kappa shape index (κ2) is 8.65. The van der Waals surface area contributed by atoms with Crippen LogP contribution >= 0.6 is 0 Å². The summed E-state index contributed by atoms with van der Waals surface area (Å²) in [5.74, 6) is -1.11. The number of hydrogen-bond donors (Lipinski definition) is 2. The number of aliphatic imine (C=N–C) groups is 1. The van der Waals surface area contributed by atoms with Gasteiger partial charge >= 0.3 is 0 Å². The number of hydrogen-bond acceptors (Lipinski definition) is 7. The largest absolute Gasteiger partial charge is 0.475 e. The van der Waals surface area contributed by atoms with Gasteiger partial charge in [0.1, 0.15) is 23.9 Å². The molecule has 10 heteroatoms. The van der Waals surface area contributed by atoms with E-state index >= 15 is 4.39 Å². The molecule has 31 heavy (non-hydrogen) atoms. The average molecular weight is 429 g/mol. The van der Waals surface area contributed by atoms with E-state index < -0.39 is 23.1 Å². The minimum Gasteiger partial charge on any atom is -0.475 e. The molecule has 2 aromatic rings. The lowest BCUT2D eigenvalue weighted by Gasteiger charge is -2.38. The van der Waals surface area contributed by atoms with Gasteiger partial charge in [0.25, 0.3) is 5.91 Å². The minimum atomic E-state index is -2.16. The summed E-state index contributed by atoms with van der Waals surface area (Å²) in [7, 11) is 0. The maximum Gasteiger partial charge on any atom is 0.275 e. The molecular formula is C21H21F2N5O3. The van der Waals surface area contributed by atoms with Crippen LogP contribution in [0.2, 0.25) is 0 Å².